The number of unbranched alkanes of at least 4 members (excludes halogenated alkanes) is 4. The van der Waals surface area contributed by atoms with E-state index in [4.69, 9.17) is 0 Å². The van der Waals surface area contributed by atoms with Crippen LogP contribution in [0.1, 0.15) is 77.0 Å². The summed E-state index contributed by atoms with van der Waals surface area (Å²) >= 11 is 0. The van der Waals surface area contributed by atoms with E-state index in [2.05, 4.69) is 34.1 Å². The van der Waals surface area contributed by atoms with Gasteiger partial charge in [-0.3, -0.25) is 0 Å². The molecule has 5 heteroatoms. The van der Waals surface area contributed by atoms with Crippen LogP contribution >= 0.6 is 0 Å². The van der Waals surface area contributed by atoms with Gasteiger partial charge in [0.25, 0.3) is 0 Å². The van der Waals surface area contributed by atoms with Crippen LogP contribution in [0.25, 0.3) is 5.65 Å². The molecule has 1 unspecified atom stereocenters. The molecule has 0 fully saturated rings. The van der Waals surface area contributed by atoms with Crippen LogP contribution in [0, 0.1) is 0 Å². The average Bonchev–Trinajstić information content (AvgIpc) is 2.91. The quantitative estimate of drug-likeness (QED) is 0.654. The van der Waals surface area contributed by atoms with Crippen molar-refractivity contribution in [1.82, 2.24) is 24.8 Å². The summed E-state index contributed by atoms with van der Waals surface area (Å²) < 4.78 is 1.85. The maximum atomic E-state index is 4.36. The first-order valence-electron chi connectivity index (χ1n) is 7.88. The fourth-order valence-electron chi connectivity index (χ4n) is 2.61. The minimum Gasteiger partial charge on any atom is -0.239 e. The number of hydrogen-bond acceptors (Lipinski definition) is 4. The molecule has 0 radical (unpaired) electrons. The lowest BCUT2D eigenvalue weighted by molar-refractivity contribution is 0.481. The minimum absolute atomic E-state index is 0.469. The fourth-order valence-corrected chi connectivity index (χ4v) is 2.61. The van der Waals surface area contributed by atoms with Crippen LogP contribution in [0.2, 0.25) is 0 Å². The zero-order valence-electron chi connectivity index (χ0n) is 12.6. The van der Waals surface area contributed by atoms with Crippen molar-refractivity contribution < 1.29 is 0 Å². The third-order valence-corrected chi connectivity index (χ3v) is 3.79. The molecule has 0 aromatic carbocycles. The summed E-state index contributed by atoms with van der Waals surface area (Å²) in [5.74, 6) is 1.48. The SMILES string of the molecule is CCCCCCC(CCCC)c1nnc2cncnn12. The topological polar surface area (TPSA) is 56.0 Å². The van der Waals surface area contributed by atoms with E-state index in [0.717, 1.165) is 11.5 Å². The third-order valence-electron chi connectivity index (χ3n) is 3.79. The van der Waals surface area contributed by atoms with E-state index in [0.29, 0.717) is 5.92 Å². The molecule has 0 aliphatic rings. The Morgan fingerprint density at radius 1 is 1.00 bits per heavy atom. The number of nitrogens with zero attached hydrogens (tertiary/aromatic N) is 5. The summed E-state index contributed by atoms with van der Waals surface area (Å²) in [5, 5.41) is 12.8. The second-order valence-corrected chi connectivity index (χ2v) is 5.43. The molecule has 2 aromatic heterocycles. The molecule has 0 saturated carbocycles. The van der Waals surface area contributed by atoms with Crippen LogP contribution in [0.3, 0.4) is 0 Å². The second-order valence-electron chi connectivity index (χ2n) is 5.43. The molecular formula is C15H25N5. The lowest BCUT2D eigenvalue weighted by Gasteiger charge is -2.14. The highest BCUT2D eigenvalue weighted by Crippen LogP contribution is 2.26. The Morgan fingerprint density at radius 3 is 2.60 bits per heavy atom. The second kappa shape index (κ2) is 7.92. The van der Waals surface area contributed by atoms with Gasteiger partial charge in [-0.05, 0) is 12.8 Å². The summed E-state index contributed by atoms with van der Waals surface area (Å²) in [6.45, 7) is 4.48. The van der Waals surface area contributed by atoms with Gasteiger partial charge in [0.05, 0.1) is 6.20 Å². The lowest BCUT2D eigenvalue weighted by atomic mass is 9.94. The smallest absolute Gasteiger partial charge is 0.196 e. The maximum Gasteiger partial charge on any atom is 0.196 e. The molecule has 0 bridgehead atoms. The van der Waals surface area contributed by atoms with Crippen molar-refractivity contribution in [1.29, 1.82) is 0 Å². The maximum absolute atomic E-state index is 4.36. The Bertz CT molecular complexity index is 508. The predicted octanol–water partition coefficient (Wildman–Crippen LogP) is 3.76. The highest BCUT2D eigenvalue weighted by molar-refractivity contribution is 5.32. The van der Waals surface area contributed by atoms with Gasteiger partial charge in [-0.1, -0.05) is 52.4 Å². The first kappa shape index (κ1) is 14.9. The summed E-state index contributed by atoms with van der Waals surface area (Å²) in [6.07, 6.45) is 13.3. The average molecular weight is 275 g/mol. The van der Waals surface area contributed by atoms with Gasteiger partial charge < -0.3 is 0 Å². The van der Waals surface area contributed by atoms with E-state index in [9.17, 15) is 0 Å². The molecule has 0 spiro atoms. The highest BCUT2D eigenvalue weighted by atomic mass is 15.4. The molecule has 0 saturated heterocycles. The first-order chi connectivity index (χ1) is 9.86. The van der Waals surface area contributed by atoms with Crippen molar-refractivity contribution in [2.45, 2.75) is 71.1 Å². The zero-order valence-corrected chi connectivity index (χ0v) is 12.6. The Labute approximate surface area is 120 Å². The van der Waals surface area contributed by atoms with Crippen molar-refractivity contribution in [2.24, 2.45) is 0 Å². The van der Waals surface area contributed by atoms with Crippen molar-refractivity contribution in [3.8, 4) is 0 Å². The van der Waals surface area contributed by atoms with E-state index in [1.807, 2.05) is 4.52 Å². The van der Waals surface area contributed by atoms with E-state index >= 15 is 0 Å². The Balaban J connectivity index is 2.08. The van der Waals surface area contributed by atoms with E-state index in [-0.39, 0.29) is 0 Å². The predicted molar refractivity (Wildman–Crippen MR) is 79.6 cm³/mol. The summed E-state index contributed by atoms with van der Waals surface area (Å²) in [4.78, 5) is 4.00. The van der Waals surface area contributed by atoms with Gasteiger partial charge in [0.2, 0.25) is 0 Å². The van der Waals surface area contributed by atoms with Crippen molar-refractivity contribution in [2.75, 3.05) is 0 Å². The number of aromatic nitrogens is 5. The van der Waals surface area contributed by atoms with Crippen LogP contribution in [0.4, 0.5) is 0 Å². The van der Waals surface area contributed by atoms with Gasteiger partial charge in [0.1, 0.15) is 6.33 Å². The molecule has 5 nitrogen and oxygen atoms in total. The fraction of sp³-hybridized carbons (Fsp3) is 0.733. The van der Waals surface area contributed by atoms with E-state index in [1.165, 1.54) is 51.4 Å². The number of fused-ring (bicyclic) bond motifs is 1. The van der Waals surface area contributed by atoms with Crippen LogP contribution < -0.4 is 0 Å². The molecule has 1 atom stereocenters. The van der Waals surface area contributed by atoms with Gasteiger partial charge >= 0.3 is 0 Å². The Hall–Kier alpha value is -1.52. The molecule has 2 aromatic rings. The lowest BCUT2D eigenvalue weighted by Crippen LogP contribution is -2.07. The number of hydrogen-bond donors (Lipinski definition) is 0. The van der Waals surface area contributed by atoms with Gasteiger partial charge in [-0.25, -0.2) is 4.98 Å². The van der Waals surface area contributed by atoms with Crippen molar-refractivity contribution in [3.05, 3.63) is 18.3 Å². The molecule has 0 N–H and O–H groups in total. The molecule has 0 aliphatic heterocycles. The van der Waals surface area contributed by atoms with Crippen LogP contribution in [-0.4, -0.2) is 24.8 Å². The van der Waals surface area contributed by atoms with Crippen molar-refractivity contribution >= 4 is 5.65 Å². The summed E-state index contributed by atoms with van der Waals surface area (Å²) in [5.41, 5.74) is 0.748. The minimum atomic E-state index is 0.469. The molecule has 2 heterocycles. The van der Waals surface area contributed by atoms with Gasteiger partial charge in [-0.2, -0.15) is 9.61 Å². The van der Waals surface area contributed by atoms with Crippen molar-refractivity contribution in [3.63, 3.8) is 0 Å². The largest absolute Gasteiger partial charge is 0.239 e. The molecule has 0 amide bonds. The highest BCUT2D eigenvalue weighted by Gasteiger charge is 2.18. The molecule has 20 heavy (non-hydrogen) atoms. The Morgan fingerprint density at radius 2 is 1.80 bits per heavy atom. The van der Waals surface area contributed by atoms with Gasteiger partial charge in [0.15, 0.2) is 11.5 Å². The van der Waals surface area contributed by atoms with E-state index < -0.39 is 0 Å². The molecule has 0 aliphatic carbocycles. The van der Waals surface area contributed by atoms with Gasteiger partial charge in [0, 0.05) is 5.92 Å². The van der Waals surface area contributed by atoms with Crippen LogP contribution in [0.15, 0.2) is 12.5 Å². The normalized spacial score (nSPS) is 12.9. The molecule has 2 rings (SSSR count). The van der Waals surface area contributed by atoms with E-state index in [1.54, 1.807) is 12.5 Å². The first-order valence-corrected chi connectivity index (χ1v) is 7.88. The van der Waals surface area contributed by atoms with Crippen LogP contribution in [-0.2, 0) is 0 Å². The van der Waals surface area contributed by atoms with Gasteiger partial charge in [-0.15, -0.1) is 10.2 Å². The molecule has 110 valence electrons. The van der Waals surface area contributed by atoms with Crippen LogP contribution in [0.5, 0.6) is 0 Å². The zero-order chi connectivity index (χ0) is 14.2. The Kier molecular flexibility index (Phi) is 5.89. The third kappa shape index (κ3) is 3.74. The monoisotopic (exact) mass is 275 g/mol. The standard InChI is InChI=1S/C15H25N5/c1-3-5-7-8-10-13(9-6-4-2)15-19-18-14-11-16-12-17-20(14)15/h11-13H,3-10H2,1-2H3. The number of rotatable bonds is 9. The molecular weight excluding hydrogens is 250 g/mol. The summed E-state index contributed by atoms with van der Waals surface area (Å²) in [7, 11) is 0. The summed E-state index contributed by atoms with van der Waals surface area (Å²) in [6, 6.07) is 0.